The Kier molecular flexibility index (Phi) is 5.18. The molecule has 0 atom stereocenters. The van der Waals surface area contributed by atoms with Crippen molar-refractivity contribution in [2.75, 3.05) is 0 Å². The number of hydrogen-bond acceptors (Lipinski definition) is 5. The molecule has 0 aliphatic rings. The zero-order valence-electron chi connectivity index (χ0n) is 14.5. The zero-order valence-corrected chi connectivity index (χ0v) is 16.2. The highest BCUT2D eigenvalue weighted by Crippen LogP contribution is 2.32. The summed E-state index contributed by atoms with van der Waals surface area (Å²) in [4.78, 5) is 23.2. The Morgan fingerprint density at radius 3 is 2.70 bits per heavy atom. The third kappa shape index (κ3) is 3.59. The molecular weight excluding hydrogens is 374 g/mol. The highest BCUT2D eigenvalue weighted by molar-refractivity contribution is 7.98. The van der Waals surface area contributed by atoms with Crippen LogP contribution in [0.5, 0.6) is 0 Å². The van der Waals surface area contributed by atoms with E-state index in [1.54, 1.807) is 16.8 Å². The lowest BCUT2D eigenvalue weighted by Gasteiger charge is -2.10. The number of thioether (sulfide) groups is 1. The lowest BCUT2D eigenvalue weighted by Crippen LogP contribution is -2.22. The molecule has 0 spiro atoms. The fourth-order valence-electron chi connectivity index (χ4n) is 2.86. The third-order valence-corrected chi connectivity index (χ3v) is 6.01. The van der Waals surface area contributed by atoms with E-state index in [0.29, 0.717) is 22.8 Å². The normalized spacial score (nSPS) is 11.0. The monoisotopic (exact) mass is 391 g/mol. The van der Waals surface area contributed by atoms with E-state index in [9.17, 15) is 4.79 Å². The van der Waals surface area contributed by atoms with Crippen LogP contribution in [0, 0.1) is 0 Å². The smallest absolute Gasteiger partial charge is 0.263 e. The Morgan fingerprint density at radius 1 is 1.15 bits per heavy atom. The summed E-state index contributed by atoms with van der Waals surface area (Å²) in [6.07, 6.45) is 3.50. The van der Waals surface area contributed by atoms with Crippen molar-refractivity contribution in [1.82, 2.24) is 14.5 Å². The summed E-state index contributed by atoms with van der Waals surface area (Å²) in [6.45, 7) is 4.23. The molecule has 0 saturated heterocycles. The quantitative estimate of drug-likeness (QED) is 0.264. The number of nitrogens with zero attached hydrogens (tertiary/aromatic N) is 3. The van der Waals surface area contributed by atoms with E-state index in [1.807, 2.05) is 53.9 Å². The summed E-state index contributed by atoms with van der Waals surface area (Å²) in [7, 11) is 0. The lowest BCUT2D eigenvalue weighted by atomic mass is 10.1. The number of aromatic nitrogens is 3. The van der Waals surface area contributed by atoms with Gasteiger partial charge in [0.25, 0.3) is 5.56 Å². The first-order valence-corrected chi connectivity index (χ1v) is 10.4. The predicted octanol–water partition coefficient (Wildman–Crippen LogP) is 5.00. The maximum Gasteiger partial charge on any atom is 0.263 e. The molecule has 0 fully saturated rings. The molecule has 3 aromatic heterocycles. The summed E-state index contributed by atoms with van der Waals surface area (Å²) in [5.41, 5.74) is 2.90. The van der Waals surface area contributed by atoms with Crippen molar-refractivity contribution in [2.24, 2.45) is 0 Å². The van der Waals surface area contributed by atoms with Gasteiger partial charge in [-0.25, -0.2) is 4.98 Å². The first-order valence-electron chi connectivity index (χ1n) is 8.49. The molecule has 0 unspecified atom stereocenters. The number of hydrogen-bond donors (Lipinski definition) is 0. The summed E-state index contributed by atoms with van der Waals surface area (Å²) < 4.78 is 1.70. The number of benzene rings is 1. The molecule has 0 saturated carbocycles. The Balaban J connectivity index is 1.80. The van der Waals surface area contributed by atoms with Gasteiger partial charge in [0.15, 0.2) is 5.16 Å². The minimum Gasteiger partial charge on any atom is -0.283 e. The fraction of sp³-hybridized carbons (Fsp3) is 0.0952. The highest BCUT2D eigenvalue weighted by atomic mass is 32.2. The van der Waals surface area contributed by atoms with E-state index in [0.717, 1.165) is 21.7 Å². The molecule has 27 heavy (non-hydrogen) atoms. The molecule has 3 heterocycles. The van der Waals surface area contributed by atoms with Crippen LogP contribution >= 0.6 is 23.1 Å². The maximum atomic E-state index is 13.3. The molecule has 134 valence electrons. The second-order valence-electron chi connectivity index (χ2n) is 5.90. The van der Waals surface area contributed by atoms with Gasteiger partial charge in [0.05, 0.1) is 11.1 Å². The molecule has 4 nitrogen and oxygen atoms in total. The van der Waals surface area contributed by atoms with Crippen LogP contribution in [0.2, 0.25) is 0 Å². The Bertz CT molecular complexity index is 1130. The molecule has 1 aromatic carbocycles. The van der Waals surface area contributed by atoms with Crippen LogP contribution in [-0.4, -0.2) is 14.5 Å². The largest absolute Gasteiger partial charge is 0.283 e. The number of rotatable bonds is 6. The SMILES string of the molecule is C=CCn1c(SCc2ccccn2)nc2scc(-c3ccccc3)c2c1=O. The summed E-state index contributed by atoms with van der Waals surface area (Å²) in [5.74, 6) is 0.660. The van der Waals surface area contributed by atoms with E-state index in [1.165, 1.54) is 23.1 Å². The fourth-order valence-corrected chi connectivity index (χ4v) is 4.77. The lowest BCUT2D eigenvalue weighted by molar-refractivity contribution is 0.673. The number of fused-ring (bicyclic) bond motifs is 1. The summed E-state index contributed by atoms with van der Waals surface area (Å²) >= 11 is 3.03. The van der Waals surface area contributed by atoms with Crippen molar-refractivity contribution in [3.8, 4) is 11.1 Å². The summed E-state index contributed by atoms with van der Waals surface area (Å²) in [6, 6.07) is 15.8. The predicted molar refractivity (Wildman–Crippen MR) is 113 cm³/mol. The van der Waals surface area contributed by atoms with Crippen molar-refractivity contribution in [3.63, 3.8) is 0 Å². The number of pyridine rings is 1. The minimum atomic E-state index is -0.0245. The van der Waals surface area contributed by atoms with Crippen molar-refractivity contribution < 1.29 is 0 Å². The van der Waals surface area contributed by atoms with Gasteiger partial charge < -0.3 is 0 Å². The molecule has 0 amide bonds. The standard InChI is InChI=1S/C21H17N3OS2/c1-2-12-24-20(25)18-17(15-8-4-3-5-9-15)14-26-19(18)23-21(24)27-13-16-10-6-7-11-22-16/h2-11,14H,1,12-13H2. The van der Waals surface area contributed by atoms with Crippen LogP contribution in [0.25, 0.3) is 21.3 Å². The second kappa shape index (κ2) is 7.90. The summed E-state index contributed by atoms with van der Waals surface area (Å²) in [5, 5.41) is 3.38. The van der Waals surface area contributed by atoms with Gasteiger partial charge in [-0.2, -0.15) is 0 Å². The van der Waals surface area contributed by atoms with Gasteiger partial charge in [0.2, 0.25) is 0 Å². The van der Waals surface area contributed by atoms with Gasteiger partial charge in [0, 0.05) is 29.4 Å². The molecule has 4 rings (SSSR count). The van der Waals surface area contributed by atoms with Gasteiger partial charge in [0.1, 0.15) is 4.83 Å². The van der Waals surface area contributed by atoms with Crippen molar-refractivity contribution in [1.29, 1.82) is 0 Å². The second-order valence-corrected chi connectivity index (χ2v) is 7.70. The highest BCUT2D eigenvalue weighted by Gasteiger charge is 2.17. The van der Waals surface area contributed by atoms with E-state index in [4.69, 9.17) is 4.98 Å². The Labute approximate surface area is 165 Å². The number of allylic oxidation sites excluding steroid dienone is 1. The van der Waals surface area contributed by atoms with Gasteiger partial charge in [-0.1, -0.05) is 54.2 Å². The molecular formula is C21H17N3OS2. The van der Waals surface area contributed by atoms with Gasteiger partial charge in [-0.15, -0.1) is 17.9 Å². The van der Waals surface area contributed by atoms with Crippen LogP contribution in [0.3, 0.4) is 0 Å². The van der Waals surface area contributed by atoms with E-state index in [2.05, 4.69) is 11.6 Å². The topological polar surface area (TPSA) is 47.8 Å². The van der Waals surface area contributed by atoms with Crippen molar-refractivity contribution in [3.05, 3.63) is 88.8 Å². The minimum absolute atomic E-state index is 0.0245. The van der Waals surface area contributed by atoms with E-state index in [-0.39, 0.29) is 5.56 Å². The maximum absolute atomic E-state index is 13.3. The first kappa shape index (κ1) is 17.7. The first-order chi connectivity index (χ1) is 13.3. The van der Waals surface area contributed by atoms with Gasteiger partial charge >= 0.3 is 0 Å². The Morgan fingerprint density at radius 2 is 1.96 bits per heavy atom. The number of thiophene rings is 1. The average Bonchev–Trinajstić information content (AvgIpc) is 3.14. The van der Waals surface area contributed by atoms with Crippen LogP contribution < -0.4 is 5.56 Å². The molecule has 0 aliphatic heterocycles. The molecule has 4 aromatic rings. The van der Waals surface area contributed by atoms with Gasteiger partial charge in [-0.05, 0) is 17.7 Å². The van der Waals surface area contributed by atoms with Gasteiger partial charge in [-0.3, -0.25) is 14.3 Å². The van der Waals surface area contributed by atoms with Crippen LogP contribution in [0.4, 0.5) is 0 Å². The van der Waals surface area contributed by atoms with Crippen LogP contribution in [0.1, 0.15) is 5.69 Å². The Hall–Kier alpha value is -2.70. The average molecular weight is 392 g/mol. The molecule has 0 aliphatic carbocycles. The third-order valence-electron chi connectivity index (χ3n) is 4.13. The van der Waals surface area contributed by atoms with Crippen molar-refractivity contribution >= 4 is 33.3 Å². The molecule has 0 bridgehead atoms. The van der Waals surface area contributed by atoms with E-state index < -0.39 is 0 Å². The molecule has 0 N–H and O–H groups in total. The van der Waals surface area contributed by atoms with Crippen molar-refractivity contribution in [2.45, 2.75) is 17.5 Å². The zero-order chi connectivity index (χ0) is 18.6. The van der Waals surface area contributed by atoms with Crippen LogP contribution in [0.15, 0.2) is 82.7 Å². The molecule has 6 heteroatoms. The molecule has 0 radical (unpaired) electrons. The van der Waals surface area contributed by atoms with E-state index >= 15 is 0 Å². The van der Waals surface area contributed by atoms with Crippen LogP contribution in [-0.2, 0) is 12.3 Å².